The number of carbonyl (C=O) groups is 2. The second-order valence-electron chi connectivity index (χ2n) is 1.62. The Kier molecular flexibility index (Phi) is 0.932. The van der Waals surface area contributed by atoms with Gasteiger partial charge in [-0.25, -0.2) is 9.59 Å². The summed E-state index contributed by atoms with van der Waals surface area (Å²) in [4.78, 5) is 20.6. The van der Waals surface area contributed by atoms with Crippen molar-refractivity contribution in [3.05, 3.63) is 0 Å². The Hall–Kier alpha value is -1.06. The Bertz CT molecular complexity index is 155. The molecular formula is C4H5N2O2+. The first kappa shape index (κ1) is 5.08. The van der Waals surface area contributed by atoms with Gasteiger partial charge in [0, 0.05) is 4.70 Å². The van der Waals surface area contributed by atoms with E-state index >= 15 is 0 Å². The smallest absolute Gasteiger partial charge is 0.216 e. The first-order valence-corrected chi connectivity index (χ1v) is 2.29. The van der Waals surface area contributed by atoms with Crippen molar-refractivity contribution in [2.24, 2.45) is 0 Å². The standard InChI is InChI=1S/C4H5N2O2/c5-6-3(7)1-2-4(6)8/h5H,1-2H2/q+1. The van der Waals surface area contributed by atoms with Crippen molar-refractivity contribution in [3.63, 3.8) is 0 Å². The minimum absolute atomic E-state index is 0.211. The topological polar surface area (TPSA) is 61.0 Å². The van der Waals surface area contributed by atoms with E-state index < -0.39 is 11.8 Å². The lowest BCUT2D eigenvalue weighted by Crippen LogP contribution is -2.12. The van der Waals surface area contributed by atoms with Gasteiger partial charge in [0.2, 0.25) is 0 Å². The van der Waals surface area contributed by atoms with E-state index in [0.29, 0.717) is 4.70 Å². The molecular weight excluding hydrogens is 108 g/mol. The minimum Gasteiger partial charge on any atom is -0.216 e. The van der Waals surface area contributed by atoms with E-state index in [1.807, 2.05) is 0 Å². The molecule has 0 aliphatic carbocycles. The van der Waals surface area contributed by atoms with Crippen molar-refractivity contribution in [2.45, 2.75) is 12.8 Å². The summed E-state index contributed by atoms with van der Waals surface area (Å²) >= 11 is 0. The van der Waals surface area contributed by atoms with Gasteiger partial charge >= 0.3 is 11.8 Å². The molecule has 0 spiro atoms. The van der Waals surface area contributed by atoms with Crippen molar-refractivity contribution in [1.82, 2.24) is 0 Å². The second-order valence-corrected chi connectivity index (χ2v) is 1.62. The molecule has 0 aromatic rings. The molecule has 0 aromatic heterocycles. The number of hydrogen-bond acceptors (Lipinski definition) is 3. The molecule has 1 saturated heterocycles. The second kappa shape index (κ2) is 1.47. The third kappa shape index (κ3) is 0.538. The Balaban J connectivity index is 2.86. The Morgan fingerprint density at radius 3 is 1.75 bits per heavy atom. The summed E-state index contributed by atoms with van der Waals surface area (Å²) < 4.78 is 0.417. The number of amides is 2. The van der Waals surface area contributed by atoms with Gasteiger partial charge in [-0.2, -0.15) is 0 Å². The zero-order chi connectivity index (χ0) is 6.15. The van der Waals surface area contributed by atoms with Crippen LogP contribution in [0.15, 0.2) is 0 Å². The average Bonchev–Trinajstić information content (AvgIpc) is 1.98. The van der Waals surface area contributed by atoms with Crippen molar-refractivity contribution in [2.75, 3.05) is 0 Å². The van der Waals surface area contributed by atoms with E-state index in [9.17, 15) is 9.59 Å². The molecule has 0 radical (unpaired) electrons. The van der Waals surface area contributed by atoms with E-state index in [2.05, 4.69) is 0 Å². The molecule has 4 heteroatoms. The van der Waals surface area contributed by atoms with Crippen molar-refractivity contribution in [1.29, 1.82) is 5.53 Å². The van der Waals surface area contributed by atoms with Crippen LogP contribution in [0.1, 0.15) is 12.8 Å². The molecule has 4 nitrogen and oxygen atoms in total. The maximum atomic E-state index is 10.3. The highest BCUT2D eigenvalue weighted by Crippen LogP contribution is 2.03. The quantitative estimate of drug-likeness (QED) is 0.351. The van der Waals surface area contributed by atoms with Crippen LogP contribution in [0.25, 0.3) is 0 Å². The van der Waals surface area contributed by atoms with Gasteiger partial charge in [0.05, 0.1) is 12.8 Å². The van der Waals surface area contributed by atoms with Crippen LogP contribution in [-0.2, 0) is 9.59 Å². The van der Waals surface area contributed by atoms with Gasteiger partial charge < -0.3 is 0 Å². The van der Waals surface area contributed by atoms with Crippen LogP contribution in [-0.4, -0.2) is 16.5 Å². The van der Waals surface area contributed by atoms with Crippen LogP contribution < -0.4 is 0 Å². The molecule has 42 valence electrons. The van der Waals surface area contributed by atoms with Gasteiger partial charge in [-0.15, -0.1) is 0 Å². The summed E-state index contributed by atoms with van der Waals surface area (Å²) in [6, 6.07) is 0. The van der Waals surface area contributed by atoms with Gasteiger partial charge in [-0.05, 0) is 5.53 Å². The summed E-state index contributed by atoms with van der Waals surface area (Å²) in [5, 5.41) is 0. The van der Waals surface area contributed by atoms with Gasteiger partial charge in [-0.1, -0.05) is 0 Å². The fourth-order valence-corrected chi connectivity index (χ4v) is 0.577. The molecule has 1 N–H and O–H groups in total. The van der Waals surface area contributed by atoms with Crippen LogP contribution in [0.3, 0.4) is 0 Å². The zero-order valence-corrected chi connectivity index (χ0v) is 4.18. The molecule has 1 rings (SSSR count). The average molecular weight is 113 g/mol. The molecule has 1 aliphatic heterocycles. The van der Waals surface area contributed by atoms with E-state index in [-0.39, 0.29) is 12.8 Å². The lowest BCUT2D eigenvalue weighted by Gasteiger charge is -1.70. The SMILES string of the molecule is N=[N+]1C(=O)CCC1=O. The minimum atomic E-state index is -0.394. The number of rotatable bonds is 0. The summed E-state index contributed by atoms with van der Waals surface area (Å²) in [7, 11) is 0. The third-order valence-corrected chi connectivity index (χ3v) is 1.05. The van der Waals surface area contributed by atoms with Crippen molar-refractivity contribution < 1.29 is 14.3 Å². The Morgan fingerprint density at radius 2 is 1.62 bits per heavy atom. The molecule has 1 heterocycles. The number of imide groups is 1. The summed E-state index contributed by atoms with van der Waals surface area (Å²) in [5.41, 5.74) is 6.68. The molecule has 2 amide bonds. The lowest BCUT2D eigenvalue weighted by atomic mass is 10.4. The van der Waals surface area contributed by atoms with Crippen LogP contribution in [0, 0.1) is 5.53 Å². The normalized spacial score (nSPS) is 20.2. The highest BCUT2D eigenvalue weighted by Gasteiger charge is 2.35. The first-order valence-electron chi connectivity index (χ1n) is 2.29. The summed E-state index contributed by atoms with van der Waals surface area (Å²) in [6.45, 7) is 0. The Morgan fingerprint density at radius 1 is 1.25 bits per heavy atom. The molecule has 1 fully saturated rings. The molecule has 0 atom stereocenters. The van der Waals surface area contributed by atoms with E-state index in [0.717, 1.165) is 0 Å². The fourth-order valence-electron chi connectivity index (χ4n) is 0.577. The third-order valence-electron chi connectivity index (χ3n) is 1.05. The van der Waals surface area contributed by atoms with Crippen LogP contribution in [0.2, 0.25) is 0 Å². The fraction of sp³-hybridized carbons (Fsp3) is 0.500. The molecule has 0 saturated carbocycles. The molecule has 8 heavy (non-hydrogen) atoms. The first-order chi connectivity index (χ1) is 3.72. The Labute approximate surface area is 45.6 Å². The van der Waals surface area contributed by atoms with Gasteiger partial charge in [0.15, 0.2) is 0 Å². The number of nitrogens with zero attached hydrogens (tertiary/aromatic N) is 1. The van der Waals surface area contributed by atoms with Gasteiger partial charge in [-0.3, -0.25) is 0 Å². The predicted octanol–water partition coefficient (Wildman–Crippen LogP) is -0.123. The largest absolute Gasteiger partial charge is 0.420 e. The maximum absolute atomic E-state index is 10.3. The molecule has 0 unspecified atom stereocenters. The van der Waals surface area contributed by atoms with Crippen LogP contribution in [0.5, 0.6) is 0 Å². The van der Waals surface area contributed by atoms with Crippen molar-refractivity contribution >= 4 is 11.8 Å². The number of nitrogens with one attached hydrogen (secondary N) is 1. The van der Waals surface area contributed by atoms with E-state index in [1.54, 1.807) is 0 Å². The number of carbonyl (C=O) groups excluding carboxylic acids is 2. The highest BCUT2D eigenvalue weighted by atomic mass is 16.2. The van der Waals surface area contributed by atoms with E-state index in [1.165, 1.54) is 0 Å². The summed E-state index contributed by atoms with van der Waals surface area (Å²) in [6.07, 6.45) is 0.421. The van der Waals surface area contributed by atoms with Crippen LogP contribution in [0.4, 0.5) is 0 Å². The monoisotopic (exact) mass is 113 g/mol. The van der Waals surface area contributed by atoms with E-state index in [4.69, 9.17) is 5.53 Å². The van der Waals surface area contributed by atoms with Gasteiger partial charge in [0.1, 0.15) is 0 Å². The molecule has 0 aromatic carbocycles. The number of hydrogen-bond donors (Lipinski definition) is 1. The molecule has 1 aliphatic rings. The van der Waals surface area contributed by atoms with Crippen molar-refractivity contribution in [3.8, 4) is 0 Å². The molecule has 0 bridgehead atoms. The van der Waals surface area contributed by atoms with Gasteiger partial charge in [0.25, 0.3) is 0 Å². The predicted molar refractivity (Wildman–Crippen MR) is 22.2 cm³/mol. The highest BCUT2D eigenvalue weighted by molar-refractivity contribution is 5.88. The lowest BCUT2D eigenvalue weighted by molar-refractivity contribution is -0.452. The summed E-state index contributed by atoms with van der Waals surface area (Å²) in [5.74, 6) is -0.787. The maximum Gasteiger partial charge on any atom is 0.420 e. The van der Waals surface area contributed by atoms with Crippen LogP contribution >= 0.6 is 0 Å². The zero-order valence-electron chi connectivity index (χ0n) is 4.18.